The van der Waals surface area contributed by atoms with Crippen molar-refractivity contribution < 1.29 is 8.42 Å². The lowest BCUT2D eigenvalue weighted by molar-refractivity contribution is 0.428. The quantitative estimate of drug-likeness (QED) is 0.762. The van der Waals surface area contributed by atoms with Crippen molar-refractivity contribution in [1.29, 1.82) is 0 Å². The molecule has 0 aliphatic heterocycles. The fraction of sp³-hybridized carbons (Fsp3) is 0.667. The van der Waals surface area contributed by atoms with Crippen LogP contribution >= 0.6 is 0 Å². The Balaban J connectivity index is 2.40. The van der Waals surface area contributed by atoms with Crippen LogP contribution in [0.15, 0.2) is 6.07 Å². The lowest BCUT2D eigenvalue weighted by Crippen LogP contribution is -2.31. The Hall–Kier alpha value is -1.21. The van der Waals surface area contributed by atoms with E-state index < -0.39 is 10.0 Å². The zero-order valence-corrected chi connectivity index (χ0v) is 12.8. The van der Waals surface area contributed by atoms with Crippen LogP contribution in [0.1, 0.15) is 24.6 Å². The highest BCUT2D eigenvalue weighted by Gasteiger charge is 2.13. The van der Waals surface area contributed by atoms with Gasteiger partial charge in [-0.3, -0.25) is 0 Å². The molecule has 0 aromatic carbocycles. The molecule has 0 amide bonds. The molecule has 0 atom stereocenters. The maximum absolute atomic E-state index is 11.4. The summed E-state index contributed by atoms with van der Waals surface area (Å²) in [6, 6.07) is 1.94. The normalized spacial score (nSPS) is 11.8. The Morgan fingerprint density at radius 1 is 1.32 bits per heavy atom. The van der Waals surface area contributed by atoms with Crippen LogP contribution in [-0.4, -0.2) is 48.8 Å². The van der Waals surface area contributed by atoms with Gasteiger partial charge in [0.2, 0.25) is 10.0 Å². The monoisotopic (exact) mass is 286 g/mol. The van der Waals surface area contributed by atoms with E-state index in [1.54, 1.807) is 0 Å². The molecule has 0 bridgehead atoms. The predicted octanol–water partition coefficient (Wildman–Crippen LogP) is 1.18. The van der Waals surface area contributed by atoms with Gasteiger partial charge in [-0.2, -0.15) is 5.10 Å². The number of anilines is 1. The minimum Gasteiger partial charge on any atom is -0.369 e. The summed E-state index contributed by atoms with van der Waals surface area (Å²) < 4.78 is 24.2. The number of aromatic nitrogens is 2. The second-order valence-electron chi connectivity index (χ2n) is 4.53. The average molecular weight is 286 g/mol. The number of nitrogens with zero attached hydrogens (tertiary/aromatic N) is 3. The lowest BCUT2D eigenvalue weighted by Gasteiger charge is -2.17. The van der Waals surface area contributed by atoms with Gasteiger partial charge in [-0.25, -0.2) is 12.7 Å². The first-order valence-electron chi connectivity index (χ1n) is 6.34. The highest BCUT2D eigenvalue weighted by Crippen LogP contribution is 2.08. The number of hydrogen-bond acceptors (Lipinski definition) is 5. The van der Waals surface area contributed by atoms with Crippen LogP contribution in [0.3, 0.4) is 0 Å². The molecule has 0 fully saturated rings. The van der Waals surface area contributed by atoms with E-state index in [9.17, 15) is 8.42 Å². The molecule has 7 heteroatoms. The van der Waals surface area contributed by atoms with Gasteiger partial charge in [0, 0.05) is 19.6 Å². The second-order valence-corrected chi connectivity index (χ2v) is 6.52. The van der Waals surface area contributed by atoms with Crippen LogP contribution in [0, 0.1) is 13.8 Å². The van der Waals surface area contributed by atoms with E-state index >= 15 is 0 Å². The second kappa shape index (κ2) is 6.81. The summed E-state index contributed by atoms with van der Waals surface area (Å²) in [6.45, 7) is 7.42. The number of aryl methyl sites for hydroxylation is 2. The third-order valence-electron chi connectivity index (χ3n) is 2.94. The maximum atomic E-state index is 11.4. The number of rotatable bonds is 7. The van der Waals surface area contributed by atoms with Crippen molar-refractivity contribution in [1.82, 2.24) is 14.5 Å². The number of hydrogen-bond donors (Lipinski definition) is 1. The van der Waals surface area contributed by atoms with Gasteiger partial charge >= 0.3 is 0 Å². The van der Waals surface area contributed by atoms with Gasteiger partial charge in [0.05, 0.1) is 11.9 Å². The minimum atomic E-state index is -3.09. The summed E-state index contributed by atoms with van der Waals surface area (Å²) in [5.41, 5.74) is 2.00. The van der Waals surface area contributed by atoms with Crippen molar-refractivity contribution in [3.63, 3.8) is 0 Å². The molecule has 1 aromatic heterocycles. The summed E-state index contributed by atoms with van der Waals surface area (Å²) in [6.07, 6.45) is 1.97. The Kier molecular flexibility index (Phi) is 5.68. The Labute approximate surface area is 115 Å². The standard InChI is InChI=1S/C12H22N4O2S/c1-5-16(19(4,17)18)8-6-7-13-12-9-10(2)11(3)14-15-12/h9H,5-8H2,1-4H3,(H,13,15). The van der Waals surface area contributed by atoms with Crippen molar-refractivity contribution in [3.8, 4) is 0 Å². The van der Waals surface area contributed by atoms with Gasteiger partial charge in [-0.1, -0.05) is 6.92 Å². The first-order chi connectivity index (χ1) is 8.84. The van der Waals surface area contributed by atoms with Crippen LogP contribution in [0.5, 0.6) is 0 Å². The fourth-order valence-corrected chi connectivity index (χ4v) is 2.59. The Morgan fingerprint density at radius 3 is 2.53 bits per heavy atom. The molecule has 0 aliphatic carbocycles. The third kappa shape index (κ3) is 5.12. The molecule has 0 aliphatic rings. The van der Waals surface area contributed by atoms with E-state index in [2.05, 4.69) is 15.5 Å². The Morgan fingerprint density at radius 2 is 2.00 bits per heavy atom. The molecule has 1 aromatic rings. The van der Waals surface area contributed by atoms with E-state index in [1.807, 2.05) is 26.8 Å². The molecule has 19 heavy (non-hydrogen) atoms. The molecule has 0 unspecified atom stereocenters. The molecule has 0 radical (unpaired) electrons. The maximum Gasteiger partial charge on any atom is 0.211 e. The highest BCUT2D eigenvalue weighted by atomic mass is 32.2. The summed E-state index contributed by atoms with van der Waals surface area (Å²) in [4.78, 5) is 0. The lowest BCUT2D eigenvalue weighted by atomic mass is 10.2. The number of sulfonamides is 1. The molecule has 108 valence electrons. The fourth-order valence-electron chi connectivity index (χ4n) is 1.66. The smallest absolute Gasteiger partial charge is 0.211 e. The van der Waals surface area contributed by atoms with Crippen LogP contribution in [0.25, 0.3) is 0 Å². The molecule has 1 heterocycles. The number of nitrogens with one attached hydrogen (secondary N) is 1. The molecule has 6 nitrogen and oxygen atoms in total. The van der Waals surface area contributed by atoms with Gasteiger partial charge in [0.1, 0.15) is 5.82 Å². The average Bonchev–Trinajstić information content (AvgIpc) is 2.32. The van der Waals surface area contributed by atoms with Crippen LogP contribution in [0.4, 0.5) is 5.82 Å². The van der Waals surface area contributed by atoms with Crippen molar-refractivity contribution in [2.45, 2.75) is 27.2 Å². The minimum absolute atomic E-state index is 0.502. The molecule has 0 saturated heterocycles. The first-order valence-corrected chi connectivity index (χ1v) is 8.19. The van der Waals surface area contributed by atoms with E-state index in [1.165, 1.54) is 10.6 Å². The third-order valence-corrected chi connectivity index (χ3v) is 4.32. The Bertz CT molecular complexity index is 516. The molecular formula is C12H22N4O2S. The molecule has 0 saturated carbocycles. The molecular weight excluding hydrogens is 264 g/mol. The van der Waals surface area contributed by atoms with Crippen LogP contribution in [0.2, 0.25) is 0 Å². The summed E-state index contributed by atoms with van der Waals surface area (Å²) in [7, 11) is -3.09. The zero-order valence-electron chi connectivity index (χ0n) is 12.0. The van der Waals surface area contributed by atoms with E-state index in [0.717, 1.165) is 23.5 Å². The predicted molar refractivity (Wildman–Crippen MR) is 76.7 cm³/mol. The van der Waals surface area contributed by atoms with Gasteiger partial charge < -0.3 is 5.32 Å². The molecule has 1 N–H and O–H groups in total. The van der Waals surface area contributed by atoms with Gasteiger partial charge in [0.25, 0.3) is 0 Å². The summed E-state index contributed by atoms with van der Waals surface area (Å²) in [5, 5.41) is 11.2. The van der Waals surface area contributed by atoms with E-state index in [0.29, 0.717) is 19.6 Å². The van der Waals surface area contributed by atoms with Crippen molar-refractivity contribution in [2.24, 2.45) is 0 Å². The molecule has 1 rings (SSSR count). The van der Waals surface area contributed by atoms with Crippen molar-refractivity contribution in [3.05, 3.63) is 17.3 Å². The zero-order chi connectivity index (χ0) is 14.5. The van der Waals surface area contributed by atoms with Crippen molar-refractivity contribution >= 4 is 15.8 Å². The van der Waals surface area contributed by atoms with Gasteiger partial charge in [-0.05, 0) is 31.9 Å². The highest BCUT2D eigenvalue weighted by molar-refractivity contribution is 7.88. The van der Waals surface area contributed by atoms with Gasteiger partial charge in [-0.15, -0.1) is 5.10 Å². The van der Waals surface area contributed by atoms with Crippen LogP contribution < -0.4 is 5.32 Å². The largest absolute Gasteiger partial charge is 0.369 e. The van der Waals surface area contributed by atoms with Crippen LogP contribution in [-0.2, 0) is 10.0 Å². The molecule has 0 spiro atoms. The van der Waals surface area contributed by atoms with Crippen molar-refractivity contribution in [2.75, 3.05) is 31.2 Å². The SMILES string of the molecule is CCN(CCCNc1cc(C)c(C)nn1)S(C)(=O)=O. The van der Waals surface area contributed by atoms with Gasteiger partial charge in [0.15, 0.2) is 0 Å². The topological polar surface area (TPSA) is 75.2 Å². The summed E-state index contributed by atoms with van der Waals surface area (Å²) in [5.74, 6) is 0.727. The first kappa shape index (κ1) is 15.8. The van der Waals surface area contributed by atoms with E-state index in [-0.39, 0.29) is 0 Å². The summed E-state index contributed by atoms with van der Waals surface area (Å²) >= 11 is 0. The van der Waals surface area contributed by atoms with E-state index in [4.69, 9.17) is 0 Å².